The zero-order chi connectivity index (χ0) is 12.0. The highest BCUT2D eigenvalue weighted by atomic mass is 35.5. The topological polar surface area (TPSA) is 0 Å². The Hall–Kier alpha value is 1.48. The van der Waals surface area contributed by atoms with Crippen molar-refractivity contribution in [3.05, 3.63) is 11.6 Å². The Morgan fingerprint density at radius 3 is 1.36 bits per heavy atom. The van der Waals surface area contributed by atoms with Gasteiger partial charge < -0.3 is 0 Å². The van der Waals surface area contributed by atoms with Crippen LogP contribution in [0.4, 0.5) is 0 Å². The number of rotatable bonds is 2. The molecule has 6 heteroatoms. The van der Waals surface area contributed by atoms with Crippen molar-refractivity contribution in [2.75, 3.05) is 11.8 Å². The predicted molar refractivity (Wildman–Crippen MR) is 72.9 cm³/mol. The molecule has 0 aromatic rings. The molecule has 0 rings (SSSR count). The van der Waals surface area contributed by atoms with Gasteiger partial charge in [-0.05, 0) is 13.8 Å². The lowest BCUT2D eigenvalue weighted by atomic mass is 10.6. The van der Waals surface area contributed by atoms with E-state index in [4.69, 9.17) is 69.6 Å². The third kappa shape index (κ3) is 69.9. The van der Waals surface area contributed by atoms with Crippen molar-refractivity contribution in [1.82, 2.24) is 0 Å². The molecule has 0 aliphatic rings. The fourth-order valence-electron chi connectivity index (χ4n) is 0.0337. The molecule has 0 aromatic heterocycles. The van der Waals surface area contributed by atoms with Gasteiger partial charge in [0.25, 0.3) is 0 Å². The van der Waals surface area contributed by atoms with Crippen molar-refractivity contribution in [2.24, 2.45) is 0 Å². The van der Waals surface area contributed by atoms with Gasteiger partial charge in [0.2, 0.25) is 0 Å². The SMILES string of the molecule is CC(Cl)CCl.CC(Cl)Cl.ClC=CCCl. The third-order valence-corrected chi connectivity index (χ3v) is 1.52. The summed E-state index contributed by atoms with van der Waals surface area (Å²) in [4.78, 5) is -0.222. The van der Waals surface area contributed by atoms with E-state index in [1.807, 2.05) is 6.92 Å². The number of alkyl halides is 5. The molecule has 0 spiro atoms. The van der Waals surface area contributed by atoms with Crippen molar-refractivity contribution in [2.45, 2.75) is 24.1 Å². The smallest absolute Gasteiger partial charge is 0.105 e. The summed E-state index contributed by atoms with van der Waals surface area (Å²) >= 11 is 30.8. The molecule has 0 nitrogen and oxygen atoms in total. The lowest BCUT2D eigenvalue weighted by molar-refractivity contribution is 1.11. The van der Waals surface area contributed by atoms with Crippen molar-refractivity contribution >= 4 is 69.6 Å². The van der Waals surface area contributed by atoms with Crippen LogP contribution in [0, 0.1) is 0 Å². The van der Waals surface area contributed by atoms with E-state index < -0.39 is 0 Å². The van der Waals surface area contributed by atoms with Crippen molar-refractivity contribution in [1.29, 1.82) is 0 Å². The van der Waals surface area contributed by atoms with E-state index in [0.717, 1.165) is 0 Å². The van der Waals surface area contributed by atoms with E-state index in [9.17, 15) is 0 Å². The van der Waals surface area contributed by atoms with Crippen LogP contribution in [0.25, 0.3) is 0 Å². The minimum atomic E-state index is -0.222. The van der Waals surface area contributed by atoms with Gasteiger partial charge in [-0.25, -0.2) is 0 Å². The molecule has 0 bridgehead atoms. The average molecular weight is 323 g/mol. The van der Waals surface area contributed by atoms with Gasteiger partial charge in [-0.3, -0.25) is 0 Å². The van der Waals surface area contributed by atoms with E-state index in [1.54, 1.807) is 13.0 Å². The summed E-state index contributed by atoms with van der Waals surface area (Å²) in [7, 11) is 0. The normalized spacial score (nSPS) is 11.5. The monoisotopic (exact) mass is 320 g/mol. The van der Waals surface area contributed by atoms with Crippen LogP contribution in [0.3, 0.4) is 0 Å². The zero-order valence-electron chi connectivity index (χ0n) is 7.99. The molecular formula is C8H14Cl6. The summed E-state index contributed by atoms with van der Waals surface area (Å²) in [5.41, 5.74) is 1.40. The van der Waals surface area contributed by atoms with Crippen LogP contribution in [-0.2, 0) is 0 Å². The molecule has 1 unspecified atom stereocenters. The summed E-state index contributed by atoms with van der Waals surface area (Å²) in [5.74, 6) is 1.05. The van der Waals surface area contributed by atoms with Gasteiger partial charge in [-0.1, -0.05) is 17.7 Å². The minimum Gasteiger partial charge on any atom is -0.125 e. The van der Waals surface area contributed by atoms with Gasteiger partial charge in [0.05, 0.1) is 0 Å². The first-order valence-electron chi connectivity index (χ1n) is 3.71. The lowest BCUT2D eigenvalue weighted by Crippen LogP contribution is -1.87. The molecule has 0 N–H and O–H groups in total. The molecule has 0 saturated carbocycles. The van der Waals surface area contributed by atoms with Crippen LogP contribution in [0.1, 0.15) is 13.8 Å². The maximum absolute atomic E-state index is 5.33. The Kier molecular flexibility index (Phi) is 29.7. The van der Waals surface area contributed by atoms with Crippen LogP contribution >= 0.6 is 69.6 Å². The molecule has 0 saturated heterocycles. The highest BCUT2D eigenvalue weighted by molar-refractivity contribution is 6.43. The van der Waals surface area contributed by atoms with E-state index >= 15 is 0 Å². The maximum Gasteiger partial charge on any atom is 0.105 e. The summed E-state index contributed by atoms with van der Waals surface area (Å²) in [5, 5.41) is 0.122. The molecule has 0 fully saturated rings. The molecule has 0 aromatic carbocycles. The summed E-state index contributed by atoms with van der Waals surface area (Å²) < 4.78 is 0. The van der Waals surface area contributed by atoms with Crippen molar-refractivity contribution in [3.63, 3.8) is 0 Å². The number of hydrogen-bond acceptors (Lipinski definition) is 0. The largest absolute Gasteiger partial charge is 0.125 e. The second-order valence-electron chi connectivity index (χ2n) is 1.97. The molecule has 0 aliphatic carbocycles. The Morgan fingerprint density at radius 2 is 1.36 bits per heavy atom. The average Bonchev–Trinajstić information content (AvgIpc) is 2.06. The van der Waals surface area contributed by atoms with Gasteiger partial charge in [0.15, 0.2) is 0 Å². The second-order valence-corrected chi connectivity index (χ2v) is 5.12. The molecule has 0 heterocycles. The molecular weight excluding hydrogens is 309 g/mol. The van der Waals surface area contributed by atoms with Gasteiger partial charge in [0, 0.05) is 22.7 Å². The van der Waals surface area contributed by atoms with Crippen molar-refractivity contribution < 1.29 is 0 Å². The maximum atomic E-state index is 5.33. The van der Waals surface area contributed by atoms with Crippen LogP contribution in [0.15, 0.2) is 11.6 Å². The van der Waals surface area contributed by atoms with Crippen molar-refractivity contribution in [3.8, 4) is 0 Å². The van der Waals surface area contributed by atoms with E-state index in [0.29, 0.717) is 11.8 Å². The third-order valence-electron chi connectivity index (χ3n) is 0.391. The molecule has 88 valence electrons. The Bertz CT molecular complexity index is 99.2. The molecule has 14 heavy (non-hydrogen) atoms. The first-order chi connectivity index (χ1) is 6.42. The minimum absolute atomic E-state index is 0.122. The van der Waals surface area contributed by atoms with E-state index in [1.165, 1.54) is 5.54 Å². The van der Waals surface area contributed by atoms with Gasteiger partial charge >= 0.3 is 0 Å². The number of allylic oxidation sites excluding steroid dienone is 1. The van der Waals surface area contributed by atoms with E-state index in [2.05, 4.69) is 0 Å². The first kappa shape index (κ1) is 20.8. The first-order valence-corrected chi connectivity index (χ1v) is 6.53. The van der Waals surface area contributed by atoms with Gasteiger partial charge in [-0.2, -0.15) is 0 Å². The Morgan fingerprint density at radius 1 is 1.07 bits per heavy atom. The van der Waals surface area contributed by atoms with E-state index in [-0.39, 0.29) is 10.2 Å². The molecule has 0 amide bonds. The lowest BCUT2D eigenvalue weighted by Gasteiger charge is -1.85. The highest BCUT2D eigenvalue weighted by Gasteiger charge is 1.85. The fourth-order valence-corrected chi connectivity index (χ4v) is 0.303. The van der Waals surface area contributed by atoms with Crippen LogP contribution in [0.5, 0.6) is 0 Å². The molecule has 0 radical (unpaired) electrons. The zero-order valence-corrected chi connectivity index (χ0v) is 12.5. The summed E-state index contributed by atoms with van der Waals surface area (Å²) in [6.45, 7) is 3.55. The highest BCUT2D eigenvalue weighted by Crippen LogP contribution is 1.95. The predicted octanol–water partition coefficient (Wildman–Crippen LogP) is 5.64. The van der Waals surface area contributed by atoms with Gasteiger partial charge in [0.1, 0.15) is 4.84 Å². The quantitative estimate of drug-likeness (QED) is 0.577. The number of hydrogen-bond donors (Lipinski definition) is 0. The van der Waals surface area contributed by atoms with Crippen LogP contribution < -0.4 is 0 Å². The number of halogens is 6. The summed E-state index contributed by atoms with van der Waals surface area (Å²) in [6, 6.07) is 0. The van der Waals surface area contributed by atoms with Crippen LogP contribution in [0.2, 0.25) is 0 Å². The van der Waals surface area contributed by atoms with Crippen LogP contribution in [-0.4, -0.2) is 22.0 Å². The molecule has 1 atom stereocenters. The van der Waals surface area contributed by atoms with Gasteiger partial charge in [-0.15, -0.1) is 58.0 Å². The molecule has 0 aliphatic heterocycles. The summed E-state index contributed by atoms with van der Waals surface area (Å²) in [6.07, 6.45) is 1.66. The standard InChI is InChI=1S/C3H6Cl2.C3H4Cl2.C2H4Cl2/c1-3(5)2-4;4-2-1-3-5;1-2(3)4/h3H,2H2,1H3;1-2H,3H2;2H,1H3. The second kappa shape index (κ2) is 20.0. The fraction of sp³-hybridized carbons (Fsp3) is 0.750. The Balaban J connectivity index is -0.000000131. The Labute approximate surface area is 116 Å².